The highest BCUT2D eigenvalue weighted by molar-refractivity contribution is 5.53. The van der Waals surface area contributed by atoms with Crippen molar-refractivity contribution in [2.75, 3.05) is 13.1 Å². The molecule has 0 aromatic carbocycles. The SMILES string of the molecule is C1CNC1.O.O.O=C(O)O. The molecule has 6 nitrogen and oxygen atoms in total. The lowest BCUT2D eigenvalue weighted by Gasteiger charge is -2.09. The smallest absolute Gasteiger partial charge is 0.450 e. The summed E-state index contributed by atoms with van der Waals surface area (Å²) in [7, 11) is 0. The van der Waals surface area contributed by atoms with Gasteiger partial charge in [-0.15, -0.1) is 0 Å². The van der Waals surface area contributed by atoms with Crippen LogP contribution in [0.5, 0.6) is 0 Å². The Morgan fingerprint density at radius 1 is 1.20 bits per heavy atom. The van der Waals surface area contributed by atoms with Gasteiger partial charge in [-0.05, 0) is 19.5 Å². The molecule has 0 aromatic heterocycles. The largest absolute Gasteiger partial charge is 0.503 e. The molecule has 64 valence electrons. The van der Waals surface area contributed by atoms with Crippen LogP contribution in [0, 0.1) is 0 Å². The molecule has 0 spiro atoms. The van der Waals surface area contributed by atoms with Gasteiger partial charge in [0.15, 0.2) is 0 Å². The number of carboxylic acid groups (broad SMARTS) is 2. The summed E-state index contributed by atoms with van der Waals surface area (Å²) in [5.41, 5.74) is 0. The molecule has 0 aliphatic carbocycles. The highest BCUT2D eigenvalue weighted by Gasteiger charge is 1.92. The van der Waals surface area contributed by atoms with E-state index in [1.54, 1.807) is 0 Å². The molecule has 1 fully saturated rings. The maximum Gasteiger partial charge on any atom is 0.503 e. The zero-order valence-corrected chi connectivity index (χ0v) is 5.42. The summed E-state index contributed by atoms with van der Waals surface area (Å²) in [5.74, 6) is 0. The van der Waals surface area contributed by atoms with Gasteiger partial charge < -0.3 is 26.5 Å². The first-order valence-electron chi connectivity index (χ1n) is 2.36. The van der Waals surface area contributed by atoms with Crippen LogP contribution in [0.25, 0.3) is 0 Å². The van der Waals surface area contributed by atoms with Gasteiger partial charge in [0.1, 0.15) is 0 Å². The van der Waals surface area contributed by atoms with Crippen LogP contribution in [0.3, 0.4) is 0 Å². The summed E-state index contributed by atoms with van der Waals surface area (Å²) < 4.78 is 0. The zero-order chi connectivity index (χ0) is 6.41. The van der Waals surface area contributed by atoms with Crippen molar-refractivity contribution in [1.82, 2.24) is 5.32 Å². The fourth-order valence-electron chi connectivity index (χ4n) is 0.177. The lowest BCUT2D eigenvalue weighted by molar-refractivity contribution is 0.137. The van der Waals surface area contributed by atoms with E-state index < -0.39 is 6.16 Å². The summed E-state index contributed by atoms with van der Waals surface area (Å²) in [4.78, 5) is 8.56. The molecule has 0 unspecified atom stereocenters. The van der Waals surface area contributed by atoms with Crippen molar-refractivity contribution in [2.24, 2.45) is 0 Å². The number of carbonyl (C=O) groups is 1. The molecule has 6 heteroatoms. The van der Waals surface area contributed by atoms with Crippen molar-refractivity contribution in [3.8, 4) is 0 Å². The van der Waals surface area contributed by atoms with Crippen LogP contribution in [0.4, 0.5) is 4.79 Å². The van der Waals surface area contributed by atoms with Crippen LogP contribution in [0.2, 0.25) is 0 Å². The third kappa shape index (κ3) is 27.3. The maximum absolute atomic E-state index is 8.56. The first-order valence-corrected chi connectivity index (χ1v) is 2.36. The van der Waals surface area contributed by atoms with Gasteiger partial charge in [0.2, 0.25) is 0 Å². The molecule has 1 rings (SSSR count). The standard InChI is InChI=1S/C3H7N.CH2O3.2H2O/c1-2-4-3-1;2-1(3)4;;/h4H,1-3H2;(H2,2,3,4);2*1H2. The molecule has 1 aliphatic heterocycles. The average Bonchev–Trinajstić information content (AvgIpc) is 1.19. The van der Waals surface area contributed by atoms with E-state index in [9.17, 15) is 0 Å². The monoisotopic (exact) mass is 155 g/mol. The molecule has 7 N–H and O–H groups in total. The fraction of sp³-hybridized carbons (Fsp3) is 0.750. The summed E-state index contributed by atoms with van der Waals surface area (Å²) in [6.45, 7) is 2.50. The molecule has 10 heavy (non-hydrogen) atoms. The van der Waals surface area contributed by atoms with Crippen LogP contribution < -0.4 is 5.32 Å². The molecule has 0 saturated carbocycles. The highest BCUT2D eigenvalue weighted by Crippen LogP contribution is 1.80. The van der Waals surface area contributed by atoms with E-state index in [-0.39, 0.29) is 11.0 Å². The lowest BCUT2D eigenvalue weighted by atomic mass is 10.3. The Morgan fingerprint density at radius 2 is 1.30 bits per heavy atom. The minimum Gasteiger partial charge on any atom is -0.450 e. The molecule has 0 amide bonds. The van der Waals surface area contributed by atoms with Crippen molar-refractivity contribution in [3.05, 3.63) is 0 Å². The zero-order valence-electron chi connectivity index (χ0n) is 5.42. The molecule has 0 radical (unpaired) electrons. The molecule has 0 atom stereocenters. The van der Waals surface area contributed by atoms with Gasteiger partial charge in [0, 0.05) is 0 Å². The van der Waals surface area contributed by atoms with Gasteiger partial charge in [-0.25, -0.2) is 4.79 Å². The molecular weight excluding hydrogens is 142 g/mol. The predicted molar refractivity (Wildman–Crippen MR) is 35.4 cm³/mol. The third-order valence-electron chi connectivity index (χ3n) is 0.707. The number of hydrogen-bond donors (Lipinski definition) is 3. The first-order chi connectivity index (χ1) is 3.73. The quantitative estimate of drug-likeness (QED) is 0.394. The highest BCUT2D eigenvalue weighted by atomic mass is 16.6. The molecule has 1 aliphatic rings. The second-order valence-electron chi connectivity index (χ2n) is 1.39. The van der Waals surface area contributed by atoms with E-state index in [1.165, 1.54) is 19.5 Å². The Hall–Kier alpha value is -0.850. The maximum atomic E-state index is 8.56. The number of hydrogen-bond acceptors (Lipinski definition) is 2. The van der Waals surface area contributed by atoms with E-state index in [4.69, 9.17) is 15.0 Å². The Balaban J connectivity index is -0.0000000817. The van der Waals surface area contributed by atoms with E-state index >= 15 is 0 Å². The first kappa shape index (κ1) is 16.1. The van der Waals surface area contributed by atoms with Gasteiger partial charge in [-0.2, -0.15) is 0 Å². The van der Waals surface area contributed by atoms with Crippen LogP contribution in [0.15, 0.2) is 0 Å². The van der Waals surface area contributed by atoms with Crippen LogP contribution in [-0.2, 0) is 0 Å². The van der Waals surface area contributed by atoms with Gasteiger partial charge in [0.25, 0.3) is 0 Å². The van der Waals surface area contributed by atoms with E-state index in [0.29, 0.717) is 0 Å². The molecule has 0 bridgehead atoms. The average molecular weight is 155 g/mol. The Labute approximate surface area is 58.1 Å². The van der Waals surface area contributed by atoms with Crippen molar-refractivity contribution < 1.29 is 26.0 Å². The lowest BCUT2D eigenvalue weighted by Crippen LogP contribution is -2.29. The van der Waals surface area contributed by atoms with Crippen molar-refractivity contribution in [3.63, 3.8) is 0 Å². The van der Waals surface area contributed by atoms with Gasteiger partial charge in [-0.3, -0.25) is 0 Å². The van der Waals surface area contributed by atoms with Crippen LogP contribution in [-0.4, -0.2) is 40.4 Å². The Bertz CT molecular complexity index is 64.0. The summed E-state index contributed by atoms with van der Waals surface area (Å²) in [6.07, 6.45) is -0.444. The third-order valence-corrected chi connectivity index (χ3v) is 0.707. The summed E-state index contributed by atoms with van der Waals surface area (Å²) >= 11 is 0. The Morgan fingerprint density at radius 3 is 1.30 bits per heavy atom. The van der Waals surface area contributed by atoms with E-state index in [0.717, 1.165) is 0 Å². The minimum atomic E-state index is -1.83. The van der Waals surface area contributed by atoms with E-state index in [2.05, 4.69) is 5.32 Å². The number of rotatable bonds is 0. The van der Waals surface area contributed by atoms with Gasteiger partial charge >= 0.3 is 6.16 Å². The van der Waals surface area contributed by atoms with Gasteiger partial charge in [0.05, 0.1) is 0 Å². The fourth-order valence-corrected chi connectivity index (χ4v) is 0.177. The molecule has 0 aromatic rings. The van der Waals surface area contributed by atoms with Crippen LogP contribution in [0.1, 0.15) is 6.42 Å². The van der Waals surface area contributed by atoms with E-state index in [1.807, 2.05) is 0 Å². The summed E-state index contributed by atoms with van der Waals surface area (Å²) in [5, 5.41) is 17.1. The predicted octanol–water partition coefficient (Wildman–Crippen LogP) is -1.45. The second kappa shape index (κ2) is 11.0. The van der Waals surface area contributed by atoms with Crippen molar-refractivity contribution in [1.29, 1.82) is 0 Å². The minimum absolute atomic E-state index is 0. The topological polar surface area (TPSA) is 133 Å². The molecule has 1 saturated heterocycles. The Kier molecular flexibility index (Phi) is 17.7. The molecular formula is C4H13NO5. The summed E-state index contributed by atoms with van der Waals surface area (Å²) in [6, 6.07) is 0. The van der Waals surface area contributed by atoms with Crippen molar-refractivity contribution >= 4 is 6.16 Å². The van der Waals surface area contributed by atoms with Crippen molar-refractivity contribution in [2.45, 2.75) is 6.42 Å². The van der Waals surface area contributed by atoms with Crippen LogP contribution >= 0.6 is 0 Å². The number of nitrogens with one attached hydrogen (secondary N) is 1. The molecule has 1 heterocycles. The van der Waals surface area contributed by atoms with Gasteiger partial charge in [-0.1, -0.05) is 0 Å². The normalized spacial score (nSPS) is 12.0. The second-order valence-corrected chi connectivity index (χ2v) is 1.39.